The lowest BCUT2D eigenvalue weighted by atomic mass is 10.7. The highest BCUT2D eigenvalue weighted by atomic mass is 16.5. The van der Waals surface area contributed by atoms with E-state index in [1.54, 1.807) is 6.08 Å². The van der Waals surface area contributed by atoms with Crippen molar-refractivity contribution in [3.8, 4) is 0 Å². The lowest BCUT2D eigenvalue weighted by molar-refractivity contribution is 0.275. The molecule has 7 heavy (non-hydrogen) atoms. The van der Waals surface area contributed by atoms with Crippen LogP contribution in [0.25, 0.3) is 0 Å². The lowest BCUT2D eigenvalue weighted by Gasteiger charge is -1.87. The molecule has 0 aliphatic rings. The minimum Gasteiger partial charge on any atom is -0.512 e. The summed E-state index contributed by atoms with van der Waals surface area (Å²) in [6.07, 6.45) is 3.63. The molecule has 0 atom stereocenters. The molecule has 0 aromatic rings. The van der Waals surface area contributed by atoms with Crippen molar-refractivity contribution in [2.75, 3.05) is 6.61 Å². The maximum Gasteiger partial charge on any atom is 0.118 e. The smallest absolute Gasteiger partial charge is 0.118 e. The molecule has 0 aliphatic carbocycles. The highest BCUT2D eigenvalue weighted by Crippen LogP contribution is 1.73. The first-order valence-corrected chi connectivity index (χ1v) is 1.93. The van der Waals surface area contributed by atoms with Gasteiger partial charge in [0.25, 0.3) is 0 Å². The van der Waals surface area contributed by atoms with Crippen LogP contribution >= 0.6 is 0 Å². The van der Waals surface area contributed by atoms with Crippen LogP contribution in [0.1, 0.15) is 0 Å². The average Bonchev–Trinajstić information content (AvgIpc) is 1.69. The van der Waals surface area contributed by atoms with Crippen LogP contribution in [0.4, 0.5) is 0 Å². The lowest BCUT2D eigenvalue weighted by Crippen LogP contribution is -1.77. The maximum atomic E-state index is 7.95. The van der Waals surface area contributed by atoms with Gasteiger partial charge in [0.2, 0.25) is 0 Å². The molecule has 0 fully saturated rings. The van der Waals surface area contributed by atoms with E-state index in [1.807, 2.05) is 0 Å². The Hall–Kier alpha value is -0.920. The van der Waals surface area contributed by atoms with Crippen LogP contribution in [-0.4, -0.2) is 11.7 Å². The van der Waals surface area contributed by atoms with Crippen molar-refractivity contribution < 1.29 is 9.84 Å². The van der Waals surface area contributed by atoms with Gasteiger partial charge >= 0.3 is 0 Å². The zero-order chi connectivity index (χ0) is 5.54. The molecule has 1 N–H and O–H groups in total. The summed E-state index contributed by atoms with van der Waals surface area (Å²) in [5, 5.41) is 7.95. The molecule has 0 rings (SSSR count). The molecule has 0 radical (unpaired) electrons. The SMILES string of the molecule is C=CCOC=CO. The summed E-state index contributed by atoms with van der Waals surface area (Å²) in [5.74, 6) is 0. The van der Waals surface area contributed by atoms with Crippen LogP contribution in [0.5, 0.6) is 0 Å². The maximum absolute atomic E-state index is 7.95. The number of hydrogen-bond donors (Lipinski definition) is 1. The number of ether oxygens (including phenoxy) is 1. The second kappa shape index (κ2) is 5.08. The summed E-state index contributed by atoms with van der Waals surface area (Å²) < 4.78 is 4.58. The molecule has 0 aliphatic heterocycles. The van der Waals surface area contributed by atoms with Crippen molar-refractivity contribution in [2.45, 2.75) is 0 Å². The van der Waals surface area contributed by atoms with E-state index in [-0.39, 0.29) is 0 Å². The van der Waals surface area contributed by atoms with E-state index in [4.69, 9.17) is 5.11 Å². The van der Waals surface area contributed by atoms with Crippen molar-refractivity contribution in [3.63, 3.8) is 0 Å². The van der Waals surface area contributed by atoms with E-state index in [0.29, 0.717) is 6.61 Å². The van der Waals surface area contributed by atoms with Gasteiger partial charge in [-0.2, -0.15) is 0 Å². The Morgan fingerprint density at radius 2 is 2.43 bits per heavy atom. The second-order valence-electron chi connectivity index (χ2n) is 0.907. The Bertz CT molecular complexity index is 66.5. The minimum atomic E-state index is 0.442. The Kier molecular flexibility index (Phi) is 4.41. The Balaban J connectivity index is 2.82. The van der Waals surface area contributed by atoms with Crippen molar-refractivity contribution in [1.82, 2.24) is 0 Å². The van der Waals surface area contributed by atoms with Crippen molar-refractivity contribution in [3.05, 3.63) is 25.2 Å². The zero-order valence-corrected chi connectivity index (χ0v) is 4.00. The van der Waals surface area contributed by atoms with E-state index in [0.717, 1.165) is 6.26 Å². The molecule has 0 saturated carbocycles. The quantitative estimate of drug-likeness (QED) is 0.328. The summed E-state index contributed by atoms with van der Waals surface area (Å²) in [5.41, 5.74) is 0. The highest BCUT2D eigenvalue weighted by molar-refractivity contribution is 4.67. The zero-order valence-electron chi connectivity index (χ0n) is 4.00. The summed E-state index contributed by atoms with van der Waals surface area (Å²) in [4.78, 5) is 0. The van der Waals surface area contributed by atoms with Crippen molar-refractivity contribution in [1.29, 1.82) is 0 Å². The monoisotopic (exact) mass is 100 g/mol. The Morgan fingerprint density at radius 3 is 2.86 bits per heavy atom. The van der Waals surface area contributed by atoms with Crippen LogP contribution in [0.2, 0.25) is 0 Å². The third-order valence-corrected chi connectivity index (χ3v) is 0.371. The van der Waals surface area contributed by atoms with Gasteiger partial charge in [0, 0.05) is 0 Å². The van der Waals surface area contributed by atoms with Gasteiger partial charge in [-0.25, -0.2) is 0 Å². The predicted octanol–water partition coefficient (Wildman–Crippen LogP) is 1.22. The standard InChI is InChI=1S/C5H8O2/c1-2-4-7-5-3-6/h2-3,5-6H,1,4H2. The molecule has 2 nitrogen and oxygen atoms in total. The molecule has 0 unspecified atom stereocenters. The van der Waals surface area contributed by atoms with Crippen LogP contribution in [0, 0.1) is 0 Å². The topological polar surface area (TPSA) is 29.5 Å². The Morgan fingerprint density at radius 1 is 1.71 bits per heavy atom. The third kappa shape index (κ3) is 5.08. The molecule has 2 heteroatoms. The number of aliphatic hydroxyl groups excluding tert-OH is 1. The van der Waals surface area contributed by atoms with Crippen LogP contribution in [-0.2, 0) is 4.74 Å². The van der Waals surface area contributed by atoms with Gasteiger partial charge in [0.1, 0.15) is 19.1 Å². The van der Waals surface area contributed by atoms with Crippen LogP contribution in [0.15, 0.2) is 25.2 Å². The average molecular weight is 100 g/mol. The van der Waals surface area contributed by atoms with Crippen molar-refractivity contribution in [2.24, 2.45) is 0 Å². The summed E-state index contributed by atoms with van der Waals surface area (Å²) in [6, 6.07) is 0. The summed E-state index contributed by atoms with van der Waals surface area (Å²) in [7, 11) is 0. The molecular formula is C5H8O2. The molecule has 0 spiro atoms. The molecule has 0 aromatic heterocycles. The largest absolute Gasteiger partial charge is 0.512 e. The number of hydrogen-bond acceptors (Lipinski definition) is 2. The predicted molar refractivity (Wildman–Crippen MR) is 27.9 cm³/mol. The van der Waals surface area contributed by atoms with Gasteiger partial charge in [0.05, 0.1) is 0 Å². The molecule has 0 aromatic carbocycles. The molecule has 0 amide bonds. The molecule has 40 valence electrons. The van der Waals surface area contributed by atoms with E-state index >= 15 is 0 Å². The molecule has 0 saturated heterocycles. The third-order valence-electron chi connectivity index (χ3n) is 0.371. The molecule has 0 heterocycles. The van der Waals surface area contributed by atoms with Gasteiger partial charge in [-0.15, -0.1) is 0 Å². The fourth-order valence-electron chi connectivity index (χ4n) is 0.167. The van der Waals surface area contributed by atoms with E-state index in [1.165, 1.54) is 6.26 Å². The molecule has 0 bridgehead atoms. The highest BCUT2D eigenvalue weighted by Gasteiger charge is 1.65. The first-order valence-electron chi connectivity index (χ1n) is 1.93. The minimum absolute atomic E-state index is 0.442. The van der Waals surface area contributed by atoms with Gasteiger partial charge in [-0.05, 0) is 0 Å². The number of aliphatic hydroxyl groups is 1. The summed E-state index contributed by atoms with van der Waals surface area (Å²) in [6.45, 7) is 3.83. The first-order chi connectivity index (χ1) is 3.41. The van der Waals surface area contributed by atoms with Gasteiger partial charge in [0.15, 0.2) is 0 Å². The van der Waals surface area contributed by atoms with Gasteiger partial charge in [-0.1, -0.05) is 12.7 Å². The van der Waals surface area contributed by atoms with Crippen LogP contribution in [0.3, 0.4) is 0 Å². The van der Waals surface area contributed by atoms with Gasteiger partial charge in [-0.3, -0.25) is 0 Å². The molecular weight excluding hydrogens is 92.1 g/mol. The van der Waals surface area contributed by atoms with Crippen molar-refractivity contribution >= 4 is 0 Å². The van der Waals surface area contributed by atoms with E-state index < -0.39 is 0 Å². The second-order valence-corrected chi connectivity index (χ2v) is 0.907. The Labute approximate surface area is 42.7 Å². The normalized spacial score (nSPS) is 9.14. The van der Waals surface area contributed by atoms with E-state index in [2.05, 4.69) is 11.3 Å². The van der Waals surface area contributed by atoms with E-state index in [9.17, 15) is 0 Å². The fraction of sp³-hybridized carbons (Fsp3) is 0.200. The fourth-order valence-corrected chi connectivity index (χ4v) is 0.167. The number of rotatable bonds is 3. The van der Waals surface area contributed by atoms with Crippen LogP contribution < -0.4 is 0 Å². The summed E-state index contributed by atoms with van der Waals surface area (Å²) >= 11 is 0. The van der Waals surface area contributed by atoms with Gasteiger partial charge < -0.3 is 9.84 Å². The first kappa shape index (κ1) is 6.08.